The molecule has 2 aromatic carbocycles. The second-order valence-corrected chi connectivity index (χ2v) is 6.86. The number of amides is 3. The largest absolute Gasteiger partial charge is 0.445 e. The van der Waals surface area contributed by atoms with Crippen LogP contribution in [0.1, 0.15) is 36.9 Å². The van der Waals surface area contributed by atoms with Crippen molar-refractivity contribution in [2.45, 2.75) is 32.4 Å². The molecule has 0 aliphatic carbocycles. The lowest BCUT2D eigenvalue weighted by molar-refractivity contribution is -0.123. The maximum atomic E-state index is 12.7. The minimum absolute atomic E-state index is 0.0860. The maximum Gasteiger partial charge on any atom is 0.408 e. The Bertz CT molecular complexity index is 845. The van der Waals surface area contributed by atoms with Crippen LogP contribution in [-0.4, -0.2) is 30.3 Å². The molecule has 0 fully saturated rings. The predicted octanol–water partition coefficient (Wildman–Crippen LogP) is 3.75. The number of hydrogen-bond acceptors (Lipinski definition) is 4. The normalized spacial score (nSPS) is 11.3. The number of halogens is 1. The third kappa shape index (κ3) is 7.75. The minimum Gasteiger partial charge on any atom is -0.445 e. The molecule has 2 aromatic rings. The van der Waals surface area contributed by atoms with E-state index in [9.17, 15) is 14.4 Å². The van der Waals surface area contributed by atoms with Gasteiger partial charge in [0.05, 0.1) is 0 Å². The van der Waals surface area contributed by atoms with E-state index in [1.165, 1.54) is 0 Å². The van der Waals surface area contributed by atoms with Gasteiger partial charge >= 0.3 is 6.09 Å². The highest BCUT2D eigenvalue weighted by molar-refractivity contribution is 6.29. The number of rotatable bonds is 10. The van der Waals surface area contributed by atoms with E-state index in [4.69, 9.17) is 16.3 Å². The average Bonchev–Trinajstić information content (AvgIpc) is 2.77. The van der Waals surface area contributed by atoms with Crippen molar-refractivity contribution in [3.8, 4) is 0 Å². The first kappa shape index (κ1) is 23.2. The first-order chi connectivity index (χ1) is 14.5. The van der Waals surface area contributed by atoms with E-state index in [-0.39, 0.29) is 24.3 Å². The molecule has 8 heteroatoms. The van der Waals surface area contributed by atoms with Crippen molar-refractivity contribution >= 4 is 35.2 Å². The standard InChI is InChI=1S/C22H26ClN3O4/c1-2-3-12-24-21(28)20(17-10-7-11-18(13-17)25-19(27)14-23)26-22(29)30-15-16-8-5-4-6-9-16/h4-11,13,20H,2-3,12,14-15H2,1H3,(H,24,28)(H,25,27)(H,26,29)/t20-/m1/s1. The molecule has 30 heavy (non-hydrogen) atoms. The van der Waals surface area contributed by atoms with Gasteiger partial charge in [-0.3, -0.25) is 9.59 Å². The molecule has 160 valence electrons. The Labute approximate surface area is 181 Å². The third-order valence-electron chi connectivity index (χ3n) is 4.19. The zero-order valence-corrected chi connectivity index (χ0v) is 17.6. The van der Waals surface area contributed by atoms with Crippen LogP contribution in [0.5, 0.6) is 0 Å². The van der Waals surface area contributed by atoms with E-state index in [0.29, 0.717) is 17.8 Å². The van der Waals surface area contributed by atoms with Gasteiger partial charge in [-0.25, -0.2) is 4.79 Å². The number of benzene rings is 2. The molecule has 3 N–H and O–H groups in total. The van der Waals surface area contributed by atoms with Crippen molar-refractivity contribution in [1.82, 2.24) is 10.6 Å². The molecule has 0 saturated carbocycles. The Morgan fingerprint density at radius 3 is 2.53 bits per heavy atom. The number of anilines is 1. The first-order valence-corrected chi connectivity index (χ1v) is 10.3. The van der Waals surface area contributed by atoms with Crippen LogP contribution in [0.2, 0.25) is 0 Å². The van der Waals surface area contributed by atoms with Gasteiger partial charge in [-0.15, -0.1) is 11.6 Å². The zero-order valence-electron chi connectivity index (χ0n) is 16.8. The molecule has 7 nitrogen and oxygen atoms in total. The summed E-state index contributed by atoms with van der Waals surface area (Å²) in [5.41, 5.74) is 1.82. The fraction of sp³-hybridized carbons (Fsp3) is 0.318. The van der Waals surface area contributed by atoms with Gasteiger partial charge in [-0.1, -0.05) is 55.8 Å². The topological polar surface area (TPSA) is 96.5 Å². The highest BCUT2D eigenvalue weighted by atomic mass is 35.5. The van der Waals surface area contributed by atoms with E-state index in [0.717, 1.165) is 18.4 Å². The smallest absolute Gasteiger partial charge is 0.408 e. The summed E-state index contributed by atoms with van der Waals surface area (Å²) in [7, 11) is 0. The Kier molecular flexibility index (Phi) is 9.67. The molecule has 0 aliphatic rings. The SMILES string of the molecule is CCCCNC(=O)[C@H](NC(=O)OCc1ccccc1)c1cccc(NC(=O)CCl)c1. The first-order valence-electron chi connectivity index (χ1n) is 9.74. The van der Waals surface area contributed by atoms with E-state index in [1.54, 1.807) is 24.3 Å². The number of alkyl halides is 1. The molecule has 0 saturated heterocycles. The number of hydrogen-bond donors (Lipinski definition) is 3. The molecule has 0 heterocycles. The predicted molar refractivity (Wildman–Crippen MR) is 116 cm³/mol. The van der Waals surface area contributed by atoms with Crippen LogP contribution in [0.4, 0.5) is 10.5 Å². The van der Waals surface area contributed by atoms with Crippen molar-refractivity contribution in [2.24, 2.45) is 0 Å². The Balaban J connectivity index is 2.11. The van der Waals surface area contributed by atoms with Crippen LogP contribution in [-0.2, 0) is 20.9 Å². The zero-order chi connectivity index (χ0) is 21.8. The van der Waals surface area contributed by atoms with Crippen LogP contribution in [0.25, 0.3) is 0 Å². The van der Waals surface area contributed by atoms with Gasteiger partial charge in [-0.2, -0.15) is 0 Å². The van der Waals surface area contributed by atoms with Crippen molar-refractivity contribution < 1.29 is 19.1 Å². The number of alkyl carbamates (subject to hydrolysis) is 1. The summed E-state index contributed by atoms with van der Waals surface area (Å²) >= 11 is 5.53. The summed E-state index contributed by atoms with van der Waals surface area (Å²) < 4.78 is 5.25. The van der Waals surface area contributed by atoms with Crippen molar-refractivity contribution in [3.05, 3.63) is 65.7 Å². The number of nitrogens with one attached hydrogen (secondary N) is 3. The number of carbonyl (C=O) groups excluding carboxylic acids is 3. The van der Waals surface area contributed by atoms with Gasteiger partial charge in [0.25, 0.3) is 0 Å². The highest BCUT2D eigenvalue weighted by Gasteiger charge is 2.23. The summed E-state index contributed by atoms with van der Waals surface area (Å²) in [6, 6.07) is 14.9. The second kappa shape index (κ2) is 12.5. The van der Waals surface area contributed by atoms with Gasteiger partial charge in [-0.05, 0) is 29.7 Å². The summed E-state index contributed by atoms with van der Waals surface area (Å²) in [4.78, 5) is 36.6. The summed E-state index contributed by atoms with van der Waals surface area (Å²) in [5, 5.41) is 8.06. The van der Waals surface area contributed by atoms with Gasteiger partial charge in [0.2, 0.25) is 11.8 Å². The minimum atomic E-state index is -0.974. The van der Waals surface area contributed by atoms with E-state index >= 15 is 0 Å². The quantitative estimate of drug-likeness (QED) is 0.394. The molecule has 0 aromatic heterocycles. The third-order valence-corrected chi connectivity index (χ3v) is 4.43. The average molecular weight is 432 g/mol. The molecular weight excluding hydrogens is 406 g/mol. The van der Waals surface area contributed by atoms with E-state index in [2.05, 4.69) is 16.0 Å². The Hall–Kier alpha value is -3.06. The molecule has 2 rings (SSSR count). The summed E-state index contributed by atoms with van der Waals surface area (Å²) in [6.45, 7) is 2.60. The van der Waals surface area contributed by atoms with Crippen molar-refractivity contribution in [2.75, 3.05) is 17.7 Å². The molecular formula is C22H26ClN3O4. The number of unbranched alkanes of at least 4 members (excludes halogenated alkanes) is 1. The lowest BCUT2D eigenvalue weighted by atomic mass is 10.1. The molecule has 0 aliphatic heterocycles. The Morgan fingerprint density at radius 1 is 1.07 bits per heavy atom. The van der Waals surface area contributed by atoms with Crippen molar-refractivity contribution in [1.29, 1.82) is 0 Å². The molecule has 3 amide bonds. The number of ether oxygens (including phenoxy) is 1. The summed E-state index contributed by atoms with van der Waals surface area (Å²) in [5.74, 6) is -0.913. The second-order valence-electron chi connectivity index (χ2n) is 6.59. The fourth-order valence-electron chi connectivity index (χ4n) is 2.66. The maximum absolute atomic E-state index is 12.7. The molecule has 0 bridgehead atoms. The molecule has 1 atom stereocenters. The van der Waals surface area contributed by atoms with E-state index in [1.807, 2.05) is 37.3 Å². The van der Waals surface area contributed by atoms with Gasteiger partial charge < -0.3 is 20.7 Å². The molecule has 0 radical (unpaired) electrons. The fourth-order valence-corrected chi connectivity index (χ4v) is 2.73. The van der Waals surface area contributed by atoms with Crippen LogP contribution >= 0.6 is 11.6 Å². The lowest BCUT2D eigenvalue weighted by Gasteiger charge is -2.19. The van der Waals surface area contributed by atoms with Gasteiger partial charge in [0, 0.05) is 12.2 Å². The van der Waals surface area contributed by atoms with Crippen LogP contribution in [0.15, 0.2) is 54.6 Å². The summed E-state index contributed by atoms with van der Waals surface area (Å²) in [6.07, 6.45) is 1.03. The monoisotopic (exact) mass is 431 g/mol. The number of carbonyl (C=O) groups is 3. The van der Waals surface area contributed by atoms with Crippen LogP contribution in [0.3, 0.4) is 0 Å². The van der Waals surface area contributed by atoms with Crippen molar-refractivity contribution in [3.63, 3.8) is 0 Å². The Morgan fingerprint density at radius 2 is 1.83 bits per heavy atom. The molecule has 0 unspecified atom stereocenters. The van der Waals surface area contributed by atoms with Crippen LogP contribution in [0, 0.1) is 0 Å². The lowest BCUT2D eigenvalue weighted by Crippen LogP contribution is -2.41. The van der Waals surface area contributed by atoms with E-state index < -0.39 is 12.1 Å². The van der Waals surface area contributed by atoms with Gasteiger partial charge in [0.1, 0.15) is 18.5 Å². The molecule has 0 spiro atoms. The highest BCUT2D eigenvalue weighted by Crippen LogP contribution is 2.19. The van der Waals surface area contributed by atoms with Gasteiger partial charge in [0.15, 0.2) is 0 Å². The van der Waals surface area contributed by atoms with Crippen LogP contribution < -0.4 is 16.0 Å².